The van der Waals surface area contributed by atoms with E-state index in [0.29, 0.717) is 23.2 Å². The van der Waals surface area contributed by atoms with Crippen LogP contribution in [0.2, 0.25) is 0 Å². The molecule has 0 aliphatic heterocycles. The van der Waals surface area contributed by atoms with Gasteiger partial charge < -0.3 is 9.84 Å². The van der Waals surface area contributed by atoms with Gasteiger partial charge in [-0.1, -0.05) is 43.7 Å². The first-order valence-corrected chi connectivity index (χ1v) is 8.05. The lowest BCUT2D eigenvalue weighted by molar-refractivity contribution is 0.0699. The van der Waals surface area contributed by atoms with Crippen LogP contribution in [0.4, 0.5) is 0 Å². The minimum absolute atomic E-state index is 0.257. The number of hydrogen-bond donors (Lipinski definition) is 1. The molecule has 1 aromatic heterocycles. The Labute approximate surface area is 140 Å². The molecule has 122 valence electrons. The Bertz CT molecular complexity index is 874. The molecule has 0 saturated carbocycles. The molecule has 4 nitrogen and oxygen atoms in total. The van der Waals surface area contributed by atoms with Gasteiger partial charge in [-0.25, -0.2) is 9.78 Å². The molecule has 1 N–H and O–H groups in total. The Hall–Kier alpha value is -2.88. The number of fused-ring (bicyclic) bond motifs is 1. The first-order chi connectivity index (χ1) is 11.7. The van der Waals surface area contributed by atoms with Crippen LogP contribution in [0, 0.1) is 0 Å². The normalized spacial score (nSPS) is 10.7. The molecular formula is C20H19NO3. The zero-order valence-electron chi connectivity index (χ0n) is 13.5. The maximum Gasteiger partial charge on any atom is 0.336 e. The molecule has 1 heterocycles. The number of rotatable bonds is 6. The second-order valence-electron chi connectivity index (χ2n) is 5.61. The average Bonchev–Trinajstić information content (AvgIpc) is 2.61. The molecule has 0 aliphatic rings. The van der Waals surface area contributed by atoms with Crippen LogP contribution in [-0.4, -0.2) is 22.7 Å². The molecule has 0 fully saturated rings. The minimum Gasteiger partial charge on any atom is -0.494 e. The third-order valence-corrected chi connectivity index (χ3v) is 3.84. The number of aromatic carboxylic acids is 1. The number of carboxylic acids is 1. The highest BCUT2D eigenvalue weighted by atomic mass is 16.5. The Morgan fingerprint density at radius 1 is 1.12 bits per heavy atom. The van der Waals surface area contributed by atoms with Crippen molar-refractivity contribution in [3.05, 3.63) is 60.2 Å². The van der Waals surface area contributed by atoms with E-state index < -0.39 is 5.97 Å². The van der Waals surface area contributed by atoms with Gasteiger partial charge in [0.25, 0.3) is 0 Å². The van der Waals surface area contributed by atoms with Gasteiger partial charge in [-0.3, -0.25) is 0 Å². The summed E-state index contributed by atoms with van der Waals surface area (Å²) in [5.41, 5.74) is 2.40. The molecule has 0 radical (unpaired) electrons. The quantitative estimate of drug-likeness (QED) is 0.664. The standard InChI is InChI=1S/C20H19NO3/c1-2-3-11-24-15-8-6-7-14(12-15)19-13-17(20(22)23)16-9-4-5-10-18(16)21-19/h4-10,12-13H,2-3,11H2,1H3,(H,22,23). The Balaban J connectivity index is 2.03. The van der Waals surface area contributed by atoms with E-state index in [1.165, 1.54) is 0 Å². The number of hydrogen-bond acceptors (Lipinski definition) is 3. The van der Waals surface area contributed by atoms with Crippen molar-refractivity contribution in [2.75, 3.05) is 6.61 Å². The van der Waals surface area contributed by atoms with Crippen molar-refractivity contribution in [2.45, 2.75) is 19.8 Å². The highest BCUT2D eigenvalue weighted by molar-refractivity contribution is 6.03. The molecule has 0 unspecified atom stereocenters. The minimum atomic E-state index is -0.954. The number of carboxylic acid groups (broad SMARTS) is 1. The van der Waals surface area contributed by atoms with Crippen molar-refractivity contribution in [1.29, 1.82) is 0 Å². The van der Waals surface area contributed by atoms with Crippen LogP contribution in [-0.2, 0) is 0 Å². The van der Waals surface area contributed by atoms with Crippen LogP contribution in [0.3, 0.4) is 0 Å². The summed E-state index contributed by atoms with van der Waals surface area (Å²) in [6.45, 7) is 2.79. The SMILES string of the molecule is CCCCOc1cccc(-c2cc(C(=O)O)c3ccccc3n2)c1. The van der Waals surface area contributed by atoms with E-state index in [-0.39, 0.29) is 5.56 Å². The first kappa shape index (κ1) is 16.0. The molecule has 0 aliphatic carbocycles. The van der Waals surface area contributed by atoms with Gasteiger partial charge in [0.05, 0.1) is 23.4 Å². The molecule has 0 amide bonds. The predicted molar refractivity (Wildman–Crippen MR) is 94.5 cm³/mol. The average molecular weight is 321 g/mol. The number of unbranched alkanes of at least 4 members (excludes halogenated alkanes) is 1. The largest absolute Gasteiger partial charge is 0.494 e. The lowest BCUT2D eigenvalue weighted by Gasteiger charge is -2.09. The summed E-state index contributed by atoms with van der Waals surface area (Å²) in [6.07, 6.45) is 2.08. The van der Waals surface area contributed by atoms with E-state index >= 15 is 0 Å². The number of aromatic nitrogens is 1. The fourth-order valence-corrected chi connectivity index (χ4v) is 2.58. The number of benzene rings is 2. The van der Waals surface area contributed by atoms with Crippen molar-refractivity contribution in [2.24, 2.45) is 0 Å². The van der Waals surface area contributed by atoms with Gasteiger partial charge in [-0.05, 0) is 30.7 Å². The molecule has 0 atom stereocenters. The molecule has 0 spiro atoms. The monoisotopic (exact) mass is 321 g/mol. The predicted octanol–water partition coefficient (Wildman–Crippen LogP) is 4.78. The number of nitrogens with zero attached hydrogens (tertiary/aromatic N) is 1. The Morgan fingerprint density at radius 3 is 2.75 bits per heavy atom. The highest BCUT2D eigenvalue weighted by Gasteiger charge is 2.13. The third-order valence-electron chi connectivity index (χ3n) is 3.84. The van der Waals surface area contributed by atoms with Crippen molar-refractivity contribution in [3.63, 3.8) is 0 Å². The van der Waals surface area contributed by atoms with Crippen molar-refractivity contribution < 1.29 is 14.6 Å². The van der Waals surface area contributed by atoms with Gasteiger partial charge in [0.15, 0.2) is 0 Å². The number of carbonyl (C=O) groups is 1. The van der Waals surface area contributed by atoms with Crippen LogP contribution >= 0.6 is 0 Å². The van der Waals surface area contributed by atoms with Crippen molar-refractivity contribution in [1.82, 2.24) is 4.98 Å². The molecule has 2 aromatic carbocycles. The van der Waals surface area contributed by atoms with Crippen molar-refractivity contribution in [3.8, 4) is 17.0 Å². The maximum absolute atomic E-state index is 11.6. The van der Waals surface area contributed by atoms with Gasteiger partial charge in [0, 0.05) is 10.9 Å². The molecule has 3 aromatic rings. The van der Waals surface area contributed by atoms with Gasteiger partial charge in [-0.15, -0.1) is 0 Å². The Kier molecular flexibility index (Phi) is 4.75. The maximum atomic E-state index is 11.6. The van der Waals surface area contributed by atoms with E-state index in [1.54, 1.807) is 12.1 Å². The van der Waals surface area contributed by atoms with Crippen LogP contribution in [0.25, 0.3) is 22.2 Å². The summed E-state index contributed by atoms with van der Waals surface area (Å²) >= 11 is 0. The summed E-state index contributed by atoms with van der Waals surface area (Å²) < 4.78 is 5.73. The second-order valence-corrected chi connectivity index (χ2v) is 5.61. The fourth-order valence-electron chi connectivity index (χ4n) is 2.58. The molecule has 3 rings (SSSR count). The summed E-state index contributed by atoms with van der Waals surface area (Å²) in [4.78, 5) is 16.2. The molecule has 24 heavy (non-hydrogen) atoms. The van der Waals surface area contributed by atoms with Crippen LogP contribution in [0.5, 0.6) is 5.75 Å². The summed E-state index contributed by atoms with van der Waals surface area (Å²) in [5.74, 6) is -0.182. The molecule has 0 saturated heterocycles. The number of pyridine rings is 1. The van der Waals surface area contributed by atoms with Gasteiger partial charge in [0.1, 0.15) is 5.75 Å². The van der Waals surface area contributed by atoms with Gasteiger partial charge in [0.2, 0.25) is 0 Å². The number of ether oxygens (including phenoxy) is 1. The zero-order valence-corrected chi connectivity index (χ0v) is 13.5. The summed E-state index contributed by atoms with van der Waals surface area (Å²) in [6, 6.07) is 16.5. The van der Waals surface area contributed by atoms with Gasteiger partial charge >= 0.3 is 5.97 Å². The van der Waals surface area contributed by atoms with Crippen LogP contribution < -0.4 is 4.74 Å². The van der Waals surface area contributed by atoms with Gasteiger partial charge in [-0.2, -0.15) is 0 Å². The first-order valence-electron chi connectivity index (χ1n) is 8.05. The van der Waals surface area contributed by atoms with E-state index in [1.807, 2.05) is 42.5 Å². The summed E-state index contributed by atoms with van der Waals surface area (Å²) in [5, 5.41) is 10.1. The number of para-hydroxylation sites is 1. The molecule has 0 bridgehead atoms. The topological polar surface area (TPSA) is 59.4 Å². The summed E-state index contributed by atoms with van der Waals surface area (Å²) in [7, 11) is 0. The second kappa shape index (κ2) is 7.13. The molecule has 4 heteroatoms. The zero-order chi connectivity index (χ0) is 16.9. The van der Waals surface area contributed by atoms with Crippen molar-refractivity contribution >= 4 is 16.9 Å². The third kappa shape index (κ3) is 3.38. The van der Waals surface area contributed by atoms with E-state index in [0.717, 1.165) is 24.2 Å². The smallest absolute Gasteiger partial charge is 0.336 e. The Morgan fingerprint density at radius 2 is 1.96 bits per heavy atom. The molecular weight excluding hydrogens is 302 g/mol. The highest BCUT2D eigenvalue weighted by Crippen LogP contribution is 2.27. The van der Waals surface area contributed by atoms with Crippen LogP contribution in [0.15, 0.2) is 54.6 Å². The van der Waals surface area contributed by atoms with E-state index in [4.69, 9.17) is 4.74 Å². The van der Waals surface area contributed by atoms with E-state index in [9.17, 15) is 9.90 Å². The van der Waals surface area contributed by atoms with E-state index in [2.05, 4.69) is 11.9 Å². The lowest BCUT2D eigenvalue weighted by Crippen LogP contribution is -2.00. The lowest BCUT2D eigenvalue weighted by atomic mass is 10.0. The van der Waals surface area contributed by atoms with Crippen LogP contribution in [0.1, 0.15) is 30.1 Å². The fraction of sp³-hybridized carbons (Fsp3) is 0.200.